The van der Waals surface area contributed by atoms with E-state index in [1.165, 1.54) is 6.08 Å². The van der Waals surface area contributed by atoms with Gasteiger partial charge in [0, 0.05) is 0 Å². The Morgan fingerprint density at radius 2 is 2.07 bits per heavy atom. The highest BCUT2D eigenvalue weighted by Gasteiger charge is 2.00. The van der Waals surface area contributed by atoms with E-state index in [1.807, 2.05) is 6.92 Å². The smallest absolute Gasteiger partial charge is 0.351 e. The number of carboxylic acid groups (broad SMARTS) is 1. The Bertz CT molecular complexity index is 368. The summed E-state index contributed by atoms with van der Waals surface area (Å²) in [5, 5.41) is 8.56. The number of hydrogen-bond acceptors (Lipinski definition) is 3. The highest BCUT2D eigenvalue weighted by atomic mass is 16.5. The molecule has 4 heteroatoms. The largest absolute Gasteiger partial charge is 0.494 e. The van der Waals surface area contributed by atoms with E-state index in [0.29, 0.717) is 6.61 Å². The van der Waals surface area contributed by atoms with Gasteiger partial charge in [0.2, 0.25) is 0 Å². The Hall–Kier alpha value is -1.97. The molecule has 0 saturated carbocycles. The average molecular weight is 207 g/mol. The molecule has 0 heterocycles. The topological polar surface area (TPSA) is 72.5 Å². The van der Waals surface area contributed by atoms with Crippen molar-refractivity contribution in [3.8, 4) is 5.75 Å². The third-order valence-electron chi connectivity index (χ3n) is 1.76. The van der Waals surface area contributed by atoms with E-state index in [4.69, 9.17) is 15.6 Å². The van der Waals surface area contributed by atoms with Crippen LogP contribution in [0, 0.1) is 0 Å². The number of hydrogen-bond donors (Lipinski definition) is 2. The molecule has 15 heavy (non-hydrogen) atoms. The number of aliphatic carboxylic acids is 1. The number of rotatable bonds is 4. The van der Waals surface area contributed by atoms with E-state index in [2.05, 4.69) is 0 Å². The second-order valence-electron chi connectivity index (χ2n) is 2.91. The van der Waals surface area contributed by atoms with Crippen molar-refractivity contribution in [2.24, 2.45) is 5.73 Å². The standard InChI is InChI=1S/C11H13NO3/c1-2-15-9-5-3-8(4-6-9)7-10(12)11(13)14/h3-7H,2,12H2,1H3,(H,13,14)/b10-7+. The molecule has 80 valence electrons. The Morgan fingerprint density at radius 3 is 2.53 bits per heavy atom. The third kappa shape index (κ3) is 3.34. The van der Waals surface area contributed by atoms with Crippen molar-refractivity contribution >= 4 is 12.0 Å². The summed E-state index contributed by atoms with van der Waals surface area (Å²) in [6, 6.07) is 7.04. The molecule has 0 aliphatic heterocycles. The molecule has 0 unspecified atom stereocenters. The summed E-state index contributed by atoms with van der Waals surface area (Å²) in [6.45, 7) is 2.50. The molecule has 0 aliphatic rings. The van der Waals surface area contributed by atoms with Gasteiger partial charge in [-0.15, -0.1) is 0 Å². The number of carbonyl (C=O) groups is 1. The molecular formula is C11H13NO3. The number of nitrogens with two attached hydrogens (primary N) is 1. The maximum absolute atomic E-state index is 10.5. The monoisotopic (exact) mass is 207 g/mol. The fourth-order valence-corrected chi connectivity index (χ4v) is 1.07. The molecule has 1 rings (SSSR count). The molecule has 1 aromatic rings. The van der Waals surface area contributed by atoms with Crippen LogP contribution < -0.4 is 10.5 Å². The normalized spacial score (nSPS) is 11.1. The molecule has 3 N–H and O–H groups in total. The summed E-state index contributed by atoms with van der Waals surface area (Å²) < 4.78 is 5.25. The highest BCUT2D eigenvalue weighted by molar-refractivity contribution is 5.90. The summed E-state index contributed by atoms with van der Waals surface area (Å²) in [5.74, 6) is -0.368. The molecule has 4 nitrogen and oxygen atoms in total. The summed E-state index contributed by atoms with van der Waals surface area (Å²) in [7, 11) is 0. The highest BCUT2D eigenvalue weighted by Crippen LogP contribution is 2.13. The van der Waals surface area contributed by atoms with Crippen LogP contribution in [0.15, 0.2) is 30.0 Å². The summed E-state index contributed by atoms with van der Waals surface area (Å²) >= 11 is 0. The van der Waals surface area contributed by atoms with Crippen molar-refractivity contribution in [2.45, 2.75) is 6.92 Å². The first-order valence-corrected chi connectivity index (χ1v) is 4.57. The maximum Gasteiger partial charge on any atom is 0.351 e. The van der Waals surface area contributed by atoms with Gasteiger partial charge in [-0.05, 0) is 30.7 Å². The molecule has 0 radical (unpaired) electrons. The van der Waals surface area contributed by atoms with Crippen molar-refractivity contribution in [2.75, 3.05) is 6.61 Å². The maximum atomic E-state index is 10.5. The number of carboxylic acids is 1. The fourth-order valence-electron chi connectivity index (χ4n) is 1.07. The van der Waals surface area contributed by atoms with Crippen LogP contribution in [-0.4, -0.2) is 17.7 Å². The molecule has 0 bridgehead atoms. The fraction of sp³-hybridized carbons (Fsp3) is 0.182. The van der Waals surface area contributed by atoms with Gasteiger partial charge in [0.15, 0.2) is 0 Å². The van der Waals surface area contributed by atoms with Gasteiger partial charge in [0.05, 0.1) is 6.61 Å². The van der Waals surface area contributed by atoms with Gasteiger partial charge < -0.3 is 15.6 Å². The van der Waals surface area contributed by atoms with Crippen LogP contribution in [0.4, 0.5) is 0 Å². The van der Waals surface area contributed by atoms with Crippen molar-refractivity contribution in [3.63, 3.8) is 0 Å². The van der Waals surface area contributed by atoms with Gasteiger partial charge >= 0.3 is 5.97 Å². The van der Waals surface area contributed by atoms with Crippen molar-refractivity contribution < 1.29 is 14.6 Å². The van der Waals surface area contributed by atoms with Crippen LogP contribution >= 0.6 is 0 Å². The Labute approximate surface area is 88.0 Å². The zero-order valence-electron chi connectivity index (χ0n) is 8.43. The van der Waals surface area contributed by atoms with E-state index in [1.54, 1.807) is 24.3 Å². The van der Waals surface area contributed by atoms with Gasteiger partial charge in [-0.1, -0.05) is 12.1 Å². The van der Waals surface area contributed by atoms with E-state index in [-0.39, 0.29) is 5.70 Å². The molecule has 0 saturated heterocycles. The quantitative estimate of drug-likeness (QED) is 0.733. The average Bonchev–Trinajstić information content (AvgIpc) is 2.21. The number of ether oxygens (including phenoxy) is 1. The van der Waals surface area contributed by atoms with Crippen molar-refractivity contribution in [1.29, 1.82) is 0 Å². The predicted octanol–water partition coefficient (Wildman–Crippen LogP) is 1.47. The van der Waals surface area contributed by atoms with Crippen LogP contribution in [0.2, 0.25) is 0 Å². The molecule has 0 atom stereocenters. The van der Waals surface area contributed by atoms with Crippen molar-refractivity contribution in [3.05, 3.63) is 35.5 Å². The predicted molar refractivity (Wildman–Crippen MR) is 57.4 cm³/mol. The van der Waals surface area contributed by atoms with Gasteiger partial charge in [-0.3, -0.25) is 0 Å². The lowest BCUT2D eigenvalue weighted by Gasteiger charge is -2.02. The lowest BCUT2D eigenvalue weighted by Crippen LogP contribution is -2.09. The molecular weight excluding hydrogens is 194 g/mol. The minimum atomic E-state index is -1.12. The number of benzene rings is 1. The minimum absolute atomic E-state index is 0.181. The molecule has 0 amide bonds. The minimum Gasteiger partial charge on any atom is -0.494 e. The summed E-state index contributed by atoms with van der Waals surface area (Å²) in [5.41, 5.74) is 5.83. The van der Waals surface area contributed by atoms with Crippen LogP contribution in [0.5, 0.6) is 5.75 Å². The Morgan fingerprint density at radius 1 is 1.47 bits per heavy atom. The molecule has 0 fully saturated rings. The molecule has 0 aliphatic carbocycles. The molecule has 1 aromatic carbocycles. The van der Waals surface area contributed by atoms with E-state index < -0.39 is 5.97 Å². The van der Waals surface area contributed by atoms with Crippen LogP contribution in [-0.2, 0) is 4.79 Å². The van der Waals surface area contributed by atoms with E-state index in [9.17, 15) is 4.79 Å². The van der Waals surface area contributed by atoms with Crippen molar-refractivity contribution in [1.82, 2.24) is 0 Å². The zero-order chi connectivity index (χ0) is 11.3. The summed E-state index contributed by atoms with van der Waals surface area (Å²) in [4.78, 5) is 10.5. The first kappa shape index (κ1) is 11.1. The van der Waals surface area contributed by atoms with Crippen LogP contribution in [0.25, 0.3) is 6.08 Å². The van der Waals surface area contributed by atoms with Gasteiger partial charge in [-0.2, -0.15) is 0 Å². The molecule has 0 spiro atoms. The zero-order valence-corrected chi connectivity index (χ0v) is 8.43. The summed E-state index contributed by atoms with van der Waals surface area (Å²) in [6.07, 6.45) is 1.40. The second-order valence-corrected chi connectivity index (χ2v) is 2.91. The van der Waals surface area contributed by atoms with E-state index >= 15 is 0 Å². The first-order chi connectivity index (χ1) is 7.13. The van der Waals surface area contributed by atoms with Crippen LogP contribution in [0.3, 0.4) is 0 Å². The second kappa shape index (κ2) is 5.05. The first-order valence-electron chi connectivity index (χ1n) is 4.57. The van der Waals surface area contributed by atoms with Gasteiger partial charge in [0.1, 0.15) is 11.4 Å². The van der Waals surface area contributed by atoms with E-state index in [0.717, 1.165) is 11.3 Å². The lowest BCUT2D eigenvalue weighted by molar-refractivity contribution is -0.132. The van der Waals surface area contributed by atoms with Gasteiger partial charge in [0.25, 0.3) is 0 Å². The Balaban J connectivity index is 2.80. The Kier molecular flexibility index (Phi) is 3.74. The molecule has 0 aromatic heterocycles. The SMILES string of the molecule is CCOc1ccc(/C=C(/N)C(=O)O)cc1. The van der Waals surface area contributed by atoms with Crippen LogP contribution in [0.1, 0.15) is 12.5 Å². The third-order valence-corrected chi connectivity index (χ3v) is 1.76. The van der Waals surface area contributed by atoms with Gasteiger partial charge in [-0.25, -0.2) is 4.79 Å². The lowest BCUT2D eigenvalue weighted by atomic mass is 10.2.